The van der Waals surface area contributed by atoms with Crippen molar-refractivity contribution in [1.29, 1.82) is 5.26 Å². The lowest BCUT2D eigenvalue weighted by Crippen LogP contribution is -2.36. The third-order valence-corrected chi connectivity index (χ3v) is 4.20. The molecule has 0 aliphatic carbocycles. The topological polar surface area (TPSA) is 44.1 Å². The summed E-state index contributed by atoms with van der Waals surface area (Å²) in [6.45, 7) is 1.18. The van der Waals surface area contributed by atoms with E-state index >= 15 is 0 Å². The molecule has 0 saturated heterocycles. The van der Waals surface area contributed by atoms with Gasteiger partial charge in [0.1, 0.15) is 11.6 Å². The van der Waals surface area contributed by atoms with Crippen LogP contribution in [0.4, 0.5) is 0 Å². The molecule has 1 amide bonds. The SMILES string of the molecule is N#C/C(=C\c1ccc(Cl)cc1)C(=O)N1CCc2ccccc2C1. The summed E-state index contributed by atoms with van der Waals surface area (Å²) in [6, 6.07) is 17.2. The van der Waals surface area contributed by atoms with Crippen molar-refractivity contribution < 1.29 is 4.79 Å². The zero-order valence-corrected chi connectivity index (χ0v) is 13.3. The Kier molecular flexibility index (Phi) is 4.45. The predicted molar refractivity (Wildman–Crippen MR) is 90.6 cm³/mol. The number of benzene rings is 2. The highest BCUT2D eigenvalue weighted by Gasteiger charge is 2.23. The number of rotatable bonds is 2. The monoisotopic (exact) mass is 322 g/mol. The van der Waals surface area contributed by atoms with Gasteiger partial charge in [0.25, 0.3) is 5.91 Å². The van der Waals surface area contributed by atoms with Crippen molar-refractivity contribution in [2.45, 2.75) is 13.0 Å². The average Bonchev–Trinajstić information content (AvgIpc) is 2.60. The molecular formula is C19H15ClN2O. The van der Waals surface area contributed by atoms with E-state index in [1.165, 1.54) is 5.56 Å². The maximum atomic E-state index is 12.6. The molecule has 0 atom stereocenters. The van der Waals surface area contributed by atoms with Crippen LogP contribution in [0.3, 0.4) is 0 Å². The summed E-state index contributed by atoms with van der Waals surface area (Å²) in [5.74, 6) is -0.225. The molecule has 0 unspecified atom stereocenters. The summed E-state index contributed by atoms with van der Waals surface area (Å²) < 4.78 is 0. The summed E-state index contributed by atoms with van der Waals surface area (Å²) >= 11 is 5.85. The van der Waals surface area contributed by atoms with Gasteiger partial charge in [-0.05, 0) is 41.3 Å². The molecule has 0 saturated carbocycles. The molecule has 1 heterocycles. The van der Waals surface area contributed by atoms with Crippen LogP contribution in [-0.2, 0) is 17.8 Å². The van der Waals surface area contributed by atoms with Crippen LogP contribution < -0.4 is 0 Å². The van der Waals surface area contributed by atoms with E-state index in [0.717, 1.165) is 17.5 Å². The minimum absolute atomic E-state index is 0.145. The van der Waals surface area contributed by atoms with Crippen molar-refractivity contribution in [3.8, 4) is 6.07 Å². The molecule has 0 aromatic heterocycles. The maximum Gasteiger partial charge on any atom is 0.264 e. The van der Waals surface area contributed by atoms with Crippen molar-refractivity contribution in [2.24, 2.45) is 0 Å². The van der Waals surface area contributed by atoms with Gasteiger partial charge in [-0.3, -0.25) is 4.79 Å². The number of carbonyl (C=O) groups is 1. The average molecular weight is 323 g/mol. The van der Waals surface area contributed by atoms with E-state index in [-0.39, 0.29) is 11.5 Å². The Morgan fingerprint density at radius 2 is 1.83 bits per heavy atom. The second-order valence-corrected chi connectivity index (χ2v) is 5.90. The fraction of sp³-hybridized carbons (Fsp3) is 0.158. The molecule has 2 aromatic rings. The first kappa shape index (κ1) is 15.3. The summed E-state index contributed by atoms with van der Waals surface area (Å²) in [4.78, 5) is 14.3. The van der Waals surface area contributed by atoms with E-state index in [4.69, 9.17) is 11.6 Å². The van der Waals surface area contributed by atoms with Crippen LogP contribution in [0.15, 0.2) is 54.1 Å². The third-order valence-electron chi connectivity index (χ3n) is 3.95. The number of fused-ring (bicyclic) bond motifs is 1. The predicted octanol–water partition coefficient (Wildman–Crippen LogP) is 3.83. The molecule has 0 spiro atoms. The van der Waals surface area contributed by atoms with Gasteiger partial charge in [0.2, 0.25) is 0 Å². The van der Waals surface area contributed by atoms with Crippen molar-refractivity contribution in [3.05, 3.63) is 75.8 Å². The Hall–Kier alpha value is -2.57. The zero-order valence-electron chi connectivity index (χ0n) is 12.5. The fourth-order valence-electron chi connectivity index (χ4n) is 2.71. The van der Waals surface area contributed by atoms with Crippen LogP contribution in [0.25, 0.3) is 6.08 Å². The van der Waals surface area contributed by atoms with Gasteiger partial charge < -0.3 is 4.90 Å². The Balaban J connectivity index is 1.81. The number of nitrogens with zero attached hydrogens (tertiary/aromatic N) is 2. The van der Waals surface area contributed by atoms with Crippen molar-refractivity contribution in [3.63, 3.8) is 0 Å². The number of hydrogen-bond acceptors (Lipinski definition) is 2. The van der Waals surface area contributed by atoms with Crippen molar-refractivity contribution in [1.82, 2.24) is 4.90 Å². The van der Waals surface area contributed by atoms with Crippen LogP contribution in [-0.4, -0.2) is 17.4 Å². The number of carbonyl (C=O) groups excluding carboxylic acids is 1. The lowest BCUT2D eigenvalue weighted by Gasteiger charge is -2.28. The van der Waals surface area contributed by atoms with Gasteiger partial charge in [-0.2, -0.15) is 5.26 Å². The largest absolute Gasteiger partial charge is 0.333 e. The highest BCUT2D eigenvalue weighted by Crippen LogP contribution is 2.21. The van der Waals surface area contributed by atoms with Gasteiger partial charge in [-0.1, -0.05) is 48.0 Å². The second-order valence-electron chi connectivity index (χ2n) is 5.47. The van der Waals surface area contributed by atoms with E-state index < -0.39 is 0 Å². The summed E-state index contributed by atoms with van der Waals surface area (Å²) in [5, 5.41) is 9.97. The maximum absolute atomic E-state index is 12.6. The van der Waals surface area contributed by atoms with Crippen LogP contribution in [0.5, 0.6) is 0 Å². The Bertz CT molecular complexity index is 803. The third kappa shape index (κ3) is 3.44. The molecule has 1 aliphatic heterocycles. The summed E-state index contributed by atoms with van der Waals surface area (Å²) in [7, 11) is 0. The van der Waals surface area contributed by atoms with Gasteiger partial charge in [-0.25, -0.2) is 0 Å². The molecule has 3 rings (SSSR count). The molecule has 0 N–H and O–H groups in total. The first-order valence-electron chi connectivity index (χ1n) is 7.41. The summed E-state index contributed by atoms with van der Waals surface area (Å²) in [6.07, 6.45) is 2.43. The second kappa shape index (κ2) is 6.68. The highest BCUT2D eigenvalue weighted by molar-refractivity contribution is 6.30. The summed E-state index contributed by atoms with van der Waals surface area (Å²) in [5.41, 5.74) is 3.36. The number of hydrogen-bond donors (Lipinski definition) is 0. The van der Waals surface area contributed by atoms with E-state index in [2.05, 4.69) is 6.07 Å². The van der Waals surface area contributed by atoms with Crippen LogP contribution in [0.2, 0.25) is 5.02 Å². The Labute approximate surface area is 140 Å². The number of halogens is 1. The highest BCUT2D eigenvalue weighted by atomic mass is 35.5. The van der Waals surface area contributed by atoms with E-state index in [0.29, 0.717) is 18.1 Å². The van der Waals surface area contributed by atoms with Crippen LogP contribution >= 0.6 is 11.6 Å². The first-order chi connectivity index (χ1) is 11.2. The normalized spacial score (nSPS) is 14.1. The van der Waals surface area contributed by atoms with E-state index in [1.54, 1.807) is 35.2 Å². The zero-order chi connectivity index (χ0) is 16.2. The molecule has 2 aromatic carbocycles. The van der Waals surface area contributed by atoms with Gasteiger partial charge in [0.05, 0.1) is 0 Å². The Morgan fingerprint density at radius 1 is 1.13 bits per heavy atom. The minimum Gasteiger partial charge on any atom is -0.333 e. The van der Waals surface area contributed by atoms with Crippen LogP contribution in [0.1, 0.15) is 16.7 Å². The van der Waals surface area contributed by atoms with Crippen molar-refractivity contribution >= 4 is 23.6 Å². The van der Waals surface area contributed by atoms with Gasteiger partial charge in [0.15, 0.2) is 0 Å². The van der Waals surface area contributed by atoms with Crippen molar-refractivity contribution in [2.75, 3.05) is 6.54 Å². The lowest BCUT2D eigenvalue weighted by atomic mass is 9.99. The van der Waals surface area contributed by atoms with E-state index in [9.17, 15) is 10.1 Å². The molecule has 0 bridgehead atoms. The van der Waals surface area contributed by atoms with Gasteiger partial charge >= 0.3 is 0 Å². The minimum atomic E-state index is -0.225. The first-order valence-corrected chi connectivity index (χ1v) is 7.78. The fourth-order valence-corrected chi connectivity index (χ4v) is 2.83. The molecule has 3 nitrogen and oxygen atoms in total. The lowest BCUT2D eigenvalue weighted by molar-refractivity contribution is -0.127. The molecular weight excluding hydrogens is 308 g/mol. The van der Waals surface area contributed by atoms with Crippen LogP contribution in [0, 0.1) is 11.3 Å². The van der Waals surface area contributed by atoms with Gasteiger partial charge in [0, 0.05) is 18.1 Å². The standard InChI is InChI=1S/C19H15ClN2O/c20-18-7-5-14(6-8-18)11-17(12-21)19(23)22-10-9-15-3-1-2-4-16(15)13-22/h1-8,11H,9-10,13H2/b17-11+. The van der Waals surface area contributed by atoms with E-state index in [1.807, 2.05) is 24.3 Å². The molecule has 23 heavy (non-hydrogen) atoms. The smallest absolute Gasteiger partial charge is 0.264 e. The molecule has 4 heteroatoms. The quantitative estimate of drug-likeness (QED) is 0.623. The Morgan fingerprint density at radius 3 is 2.52 bits per heavy atom. The molecule has 0 radical (unpaired) electrons. The van der Waals surface area contributed by atoms with Gasteiger partial charge in [-0.15, -0.1) is 0 Å². The molecule has 1 aliphatic rings. The number of nitriles is 1. The number of amides is 1. The molecule has 114 valence electrons. The molecule has 0 fully saturated rings.